The molecule has 0 saturated heterocycles. The summed E-state index contributed by atoms with van der Waals surface area (Å²) in [5.74, 6) is -0.272. The van der Waals surface area contributed by atoms with Gasteiger partial charge in [0.1, 0.15) is 0 Å². The van der Waals surface area contributed by atoms with Crippen LogP contribution < -0.4 is 5.73 Å². The Bertz CT molecular complexity index is 161. The van der Waals surface area contributed by atoms with Gasteiger partial charge in [-0.25, -0.2) is 0 Å². The average molecular weight is 189 g/mol. The Hall–Kier alpha value is -0.610. The lowest BCUT2D eigenvalue weighted by molar-refractivity contribution is -0.154. The monoisotopic (exact) mass is 189 g/mol. The molecule has 0 aromatic rings. The number of ether oxygens (including phenoxy) is 1. The van der Waals surface area contributed by atoms with Crippen molar-refractivity contribution in [3.8, 4) is 0 Å². The predicted molar refractivity (Wildman–Crippen MR) is 50.1 cm³/mol. The fourth-order valence-corrected chi connectivity index (χ4v) is 1.06. The first-order chi connectivity index (χ1) is 6.10. The van der Waals surface area contributed by atoms with Gasteiger partial charge in [-0.1, -0.05) is 0 Å². The summed E-state index contributed by atoms with van der Waals surface area (Å²) in [7, 11) is 0. The zero-order valence-electron chi connectivity index (χ0n) is 8.38. The second-order valence-corrected chi connectivity index (χ2v) is 3.31. The quantitative estimate of drug-likeness (QED) is 0.589. The molecule has 0 aromatic heterocycles. The van der Waals surface area contributed by atoms with Crippen molar-refractivity contribution in [3.63, 3.8) is 0 Å². The second kappa shape index (κ2) is 5.94. The molecule has 0 spiro atoms. The molecular formula is C9H19NO3. The first-order valence-electron chi connectivity index (χ1n) is 4.59. The van der Waals surface area contributed by atoms with Gasteiger partial charge in [-0.2, -0.15) is 0 Å². The van der Waals surface area contributed by atoms with Gasteiger partial charge in [0.25, 0.3) is 0 Å². The van der Waals surface area contributed by atoms with E-state index in [4.69, 9.17) is 15.6 Å². The molecule has 78 valence electrons. The maximum Gasteiger partial charge on any atom is 0.313 e. The van der Waals surface area contributed by atoms with Crippen molar-refractivity contribution in [1.82, 2.24) is 0 Å². The summed E-state index contributed by atoms with van der Waals surface area (Å²) in [6.45, 7) is 4.23. The van der Waals surface area contributed by atoms with Gasteiger partial charge in [0.05, 0.1) is 12.0 Å². The summed E-state index contributed by atoms with van der Waals surface area (Å²) in [5.41, 5.74) is 4.86. The lowest BCUT2D eigenvalue weighted by atomic mass is 9.86. The molecule has 0 amide bonds. The number of carbonyl (C=O) groups excluding carboxylic acids is 1. The van der Waals surface area contributed by atoms with Gasteiger partial charge in [-0.15, -0.1) is 0 Å². The van der Waals surface area contributed by atoms with E-state index in [0.29, 0.717) is 19.4 Å². The van der Waals surface area contributed by atoms with E-state index in [9.17, 15) is 4.79 Å². The van der Waals surface area contributed by atoms with Crippen molar-refractivity contribution in [2.45, 2.75) is 26.7 Å². The Morgan fingerprint density at radius 3 is 2.62 bits per heavy atom. The molecule has 0 radical (unpaired) electrons. The molecule has 3 N–H and O–H groups in total. The van der Waals surface area contributed by atoms with Gasteiger partial charge in [0.15, 0.2) is 0 Å². The highest BCUT2D eigenvalue weighted by Gasteiger charge is 2.32. The fourth-order valence-electron chi connectivity index (χ4n) is 1.06. The lowest BCUT2D eigenvalue weighted by Crippen LogP contribution is -2.37. The van der Waals surface area contributed by atoms with Crippen molar-refractivity contribution in [2.75, 3.05) is 19.8 Å². The van der Waals surface area contributed by atoms with Crippen LogP contribution >= 0.6 is 0 Å². The van der Waals surface area contributed by atoms with Crippen LogP contribution in [0.4, 0.5) is 0 Å². The summed E-state index contributed by atoms with van der Waals surface area (Å²) in [5, 5.41) is 8.64. The van der Waals surface area contributed by atoms with E-state index in [2.05, 4.69) is 0 Å². The van der Waals surface area contributed by atoms with E-state index >= 15 is 0 Å². The zero-order chi connectivity index (χ0) is 10.3. The number of carbonyl (C=O) groups is 1. The van der Waals surface area contributed by atoms with Gasteiger partial charge in [0.2, 0.25) is 0 Å². The summed E-state index contributed by atoms with van der Waals surface area (Å²) in [4.78, 5) is 11.4. The molecule has 4 heteroatoms. The Balaban J connectivity index is 4.16. The molecule has 0 aliphatic carbocycles. The van der Waals surface area contributed by atoms with E-state index in [1.807, 2.05) is 0 Å². The molecule has 1 unspecified atom stereocenters. The largest absolute Gasteiger partial charge is 0.466 e. The van der Waals surface area contributed by atoms with Crippen molar-refractivity contribution in [3.05, 3.63) is 0 Å². The predicted octanol–water partition coefficient (Wildman–Crippen LogP) is 0.287. The summed E-state index contributed by atoms with van der Waals surface area (Å²) >= 11 is 0. The minimum Gasteiger partial charge on any atom is -0.466 e. The van der Waals surface area contributed by atoms with Gasteiger partial charge in [0, 0.05) is 13.2 Å². The summed E-state index contributed by atoms with van der Waals surface area (Å²) in [6.07, 6.45) is 1.14. The Labute approximate surface area is 79.1 Å². The number of hydrogen-bond acceptors (Lipinski definition) is 4. The van der Waals surface area contributed by atoms with Crippen LogP contribution in [0.1, 0.15) is 26.7 Å². The Morgan fingerprint density at radius 1 is 1.62 bits per heavy atom. The standard InChI is InChI=1S/C9H19NO3/c1-3-13-8(12)9(2,7-10)5-4-6-11/h11H,3-7,10H2,1-2H3. The van der Waals surface area contributed by atoms with Crippen LogP contribution in [-0.4, -0.2) is 30.8 Å². The van der Waals surface area contributed by atoms with E-state index < -0.39 is 5.41 Å². The van der Waals surface area contributed by atoms with Crippen LogP contribution in [0, 0.1) is 5.41 Å². The van der Waals surface area contributed by atoms with Crippen LogP contribution in [0.3, 0.4) is 0 Å². The molecule has 0 heterocycles. The third-order valence-electron chi connectivity index (χ3n) is 2.11. The molecule has 0 aliphatic rings. The van der Waals surface area contributed by atoms with Crippen LogP contribution in [0.2, 0.25) is 0 Å². The third kappa shape index (κ3) is 3.74. The molecule has 1 atom stereocenters. The highest BCUT2D eigenvalue weighted by molar-refractivity contribution is 5.76. The smallest absolute Gasteiger partial charge is 0.313 e. The number of hydrogen-bond donors (Lipinski definition) is 2. The van der Waals surface area contributed by atoms with Gasteiger partial charge < -0.3 is 15.6 Å². The van der Waals surface area contributed by atoms with Gasteiger partial charge in [-0.3, -0.25) is 4.79 Å². The molecule has 0 aliphatic heterocycles. The molecule has 0 bridgehead atoms. The number of aliphatic hydroxyl groups excluding tert-OH is 1. The molecule has 0 rings (SSSR count). The number of rotatable bonds is 6. The van der Waals surface area contributed by atoms with Crippen LogP contribution in [0.15, 0.2) is 0 Å². The molecule has 0 saturated carbocycles. The summed E-state index contributed by atoms with van der Waals surface area (Å²) in [6, 6.07) is 0. The highest BCUT2D eigenvalue weighted by Crippen LogP contribution is 2.23. The van der Waals surface area contributed by atoms with Crippen molar-refractivity contribution < 1.29 is 14.6 Å². The zero-order valence-corrected chi connectivity index (χ0v) is 8.38. The molecule has 0 fully saturated rings. The van der Waals surface area contributed by atoms with E-state index in [-0.39, 0.29) is 19.1 Å². The SMILES string of the molecule is CCOC(=O)C(C)(CN)CCCO. The Morgan fingerprint density at radius 2 is 2.23 bits per heavy atom. The van der Waals surface area contributed by atoms with E-state index in [1.54, 1.807) is 13.8 Å². The average Bonchev–Trinajstić information content (AvgIpc) is 2.14. The first kappa shape index (κ1) is 12.4. The Kier molecular flexibility index (Phi) is 5.66. The second-order valence-electron chi connectivity index (χ2n) is 3.31. The fraction of sp³-hybridized carbons (Fsp3) is 0.889. The maximum atomic E-state index is 11.4. The third-order valence-corrected chi connectivity index (χ3v) is 2.11. The van der Waals surface area contributed by atoms with Crippen molar-refractivity contribution in [1.29, 1.82) is 0 Å². The number of aliphatic hydroxyl groups is 1. The number of nitrogens with two attached hydrogens (primary N) is 1. The minimum absolute atomic E-state index is 0.0784. The molecular weight excluding hydrogens is 170 g/mol. The van der Waals surface area contributed by atoms with Crippen molar-refractivity contribution >= 4 is 5.97 Å². The van der Waals surface area contributed by atoms with Crippen LogP contribution in [-0.2, 0) is 9.53 Å². The highest BCUT2D eigenvalue weighted by atomic mass is 16.5. The van der Waals surface area contributed by atoms with Crippen LogP contribution in [0.25, 0.3) is 0 Å². The van der Waals surface area contributed by atoms with Crippen molar-refractivity contribution in [2.24, 2.45) is 11.1 Å². The lowest BCUT2D eigenvalue weighted by Gasteiger charge is -2.24. The number of esters is 1. The molecule has 0 aromatic carbocycles. The maximum absolute atomic E-state index is 11.4. The van der Waals surface area contributed by atoms with E-state index in [1.165, 1.54) is 0 Å². The minimum atomic E-state index is -0.640. The van der Waals surface area contributed by atoms with Crippen LogP contribution in [0.5, 0.6) is 0 Å². The molecule has 4 nitrogen and oxygen atoms in total. The topological polar surface area (TPSA) is 72.5 Å². The van der Waals surface area contributed by atoms with Gasteiger partial charge >= 0.3 is 5.97 Å². The van der Waals surface area contributed by atoms with E-state index in [0.717, 1.165) is 0 Å². The van der Waals surface area contributed by atoms with Gasteiger partial charge in [-0.05, 0) is 26.7 Å². The summed E-state index contributed by atoms with van der Waals surface area (Å²) < 4.78 is 4.89. The normalized spacial score (nSPS) is 15.1. The molecule has 13 heavy (non-hydrogen) atoms. The first-order valence-corrected chi connectivity index (χ1v) is 4.59.